The zero-order chi connectivity index (χ0) is 15.3. The Morgan fingerprint density at radius 2 is 1.95 bits per heavy atom. The lowest BCUT2D eigenvalue weighted by molar-refractivity contribution is -0.154. The number of hydrogen-bond acceptors (Lipinski definition) is 4. The summed E-state index contributed by atoms with van der Waals surface area (Å²) in [6.45, 7) is 4.26. The molecule has 0 aliphatic carbocycles. The number of rotatable bonds is 5. The molecular formula is C14H24N2O5. The number of carboxylic acid groups (broad SMARTS) is 1. The van der Waals surface area contributed by atoms with E-state index in [1.807, 2.05) is 6.92 Å². The molecule has 3 N–H and O–H groups in total. The van der Waals surface area contributed by atoms with Gasteiger partial charge in [-0.25, -0.2) is 4.79 Å². The highest BCUT2D eigenvalue weighted by molar-refractivity contribution is 5.78. The van der Waals surface area contributed by atoms with E-state index < -0.39 is 11.4 Å². The lowest BCUT2D eigenvalue weighted by atomic mass is 9.80. The Morgan fingerprint density at radius 1 is 1.24 bits per heavy atom. The fraction of sp³-hybridized carbons (Fsp3) is 0.857. The normalized spacial score (nSPS) is 28.0. The summed E-state index contributed by atoms with van der Waals surface area (Å²) in [6.07, 6.45) is 1.95. The Balaban J connectivity index is 1.75. The summed E-state index contributed by atoms with van der Waals surface area (Å²) in [4.78, 5) is 23.3. The van der Waals surface area contributed by atoms with Gasteiger partial charge in [-0.2, -0.15) is 0 Å². The van der Waals surface area contributed by atoms with Gasteiger partial charge in [0.25, 0.3) is 0 Å². The highest BCUT2D eigenvalue weighted by atomic mass is 16.5. The molecule has 21 heavy (non-hydrogen) atoms. The van der Waals surface area contributed by atoms with E-state index in [4.69, 9.17) is 9.47 Å². The topological polar surface area (TPSA) is 96.9 Å². The van der Waals surface area contributed by atoms with E-state index in [-0.39, 0.29) is 18.7 Å². The number of carbonyl (C=O) groups is 2. The molecule has 0 aromatic carbocycles. The second-order valence-electron chi connectivity index (χ2n) is 5.89. The molecule has 2 atom stereocenters. The van der Waals surface area contributed by atoms with E-state index in [0.717, 1.165) is 13.0 Å². The molecular weight excluding hydrogens is 276 g/mol. The van der Waals surface area contributed by atoms with Crippen LogP contribution in [0.3, 0.4) is 0 Å². The van der Waals surface area contributed by atoms with Crippen LogP contribution in [0.4, 0.5) is 4.79 Å². The quantitative estimate of drug-likeness (QED) is 0.690. The van der Waals surface area contributed by atoms with Gasteiger partial charge in [0, 0.05) is 38.8 Å². The summed E-state index contributed by atoms with van der Waals surface area (Å²) < 4.78 is 10.6. The lowest BCUT2D eigenvalue weighted by Crippen LogP contribution is -2.49. The van der Waals surface area contributed by atoms with Crippen LogP contribution in [0.25, 0.3) is 0 Å². The number of urea groups is 1. The van der Waals surface area contributed by atoms with Crippen molar-refractivity contribution in [3.05, 3.63) is 0 Å². The Bertz CT molecular complexity index is 382. The Labute approximate surface area is 124 Å². The van der Waals surface area contributed by atoms with Crippen LogP contribution >= 0.6 is 0 Å². The molecule has 0 bridgehead atoms. The summed E-state index contributed by atoms with van der Waals surface area (Å²) in [5.74, 6) is -0.545. The SMILES string of the molecule is CC1OCCC1CNC(=O)NCC1(C(=O)O)CCOCC1. The van der Waals surface area contributed by atoms with Gasteiger partial charge >= 0.3 is 12.0 Å². The van der Waals surface area contributed by atoms with E-state index >= 15 is 0 Å². The van der Waals surface area contributed by atoms with Gasteiger partial charge in [-0.3, -0.25) is 4.79 Å². The molecule has 2 saturated heterocycles. The van der Waals surface area contributed by atoms with Gasteiger partial charge in [-0.05, 0) is 26.2 Å². The van der Waals surface area contributed by atoms with Crippen LogP contribution in [0.5, 0.6) is 0 Å². The van der Waals surface area contributed by atoms with Crippen LogP contribution in [0.15, 0.2) is 0 Å². The molecule has 2 heterocycles. The summed E-state index contributed by atoms with van der Waals surface area (Å²) in [5.41, 5.74) is -0.903. The minimum absolute atomic E-state index is 0.133. The third kappa shape index (κ3) is 4.07. The van der Waals surface area contributed by atoms with Gasteiger partial charge in [0.15, 0.2) is 0 Å². The molecule has 2 aliphatic rings. The van der Waals surface area contributed by atoms with Crippen LogP contribution < -0.4 is 10.6 Å². The van der Waals surface area contributed by atoms with Crippen molar-refractivity contribution in [1.29, 1.82) is 0 Å². The zero-order valence-electron chi connectivity index (χ0n) is 12.4. The number of carbonyl (C=O) groups excluding carboxylic acids is 1. The largest absolute Gasteiger partial charge is 0.481 e. The van der Waals surface area contributed by atoms with Crippen LogP contribution in [0.2, 0.25) is 0 Å². The fourth-order valence-corrected chi connectivity index (χ4v) is 2.81. The first-order chi connectivity index (χ1) is 10.0. The van der Waals surface area contributed by atoms with Crippen molar-refractivity contribution in [3.8, 4) is 0 Å². The predicted octanol–water partition coefficient (Wildman–Crippen LogP) is 0.592. The first kappa shape index (κ1) is 16.0. The van der Waals surface area contributed by atoms with Crippen molar-refractivity contribution in [2.24, 2.45) is 11.3 Å². The van der Waals surface area contributed by atoms with Crippen molar-refractivity contribution in [2.45, 2.75) is 32.3 Å². The third-order valence-electron chi connectivity index (χ3n) is 4.55. The van der Waals surface area contributed by atoms with E-state index in [0.29, 0.717) is 38.5 Å². The molecule has 0 saturated carbocycles. The summed E-state index contributed by atoms with van der Waals surface area (Å²) in [7, 11) is 0. The molecule has 2 unspecified atom stereocenters. The fourth-order valence-electron chi connectivity index (χ4n) is 2.81. The maximum Gasteiger partial charge on any atom is 0.314 e. The van der Waals surface area contributed by atoms with Crippen LogP contribution in [-0.2, 0) is 14.3 Å². The first-order valence-electron chi connectivity index (χ1n) is 7.48. The van der Waals surface area contributed by atoms with Crippen molar-refractivity contribution >= 4 is 12.0 Å². The molecule has 7 heteroatoms. The average Bonchev–Trinajstić information content (AvgIpc) is 2.89. The Hall–Kier alpha value is -1.34. The zero-order valence-corrected chi connectivity index (χ0v) is 12.4. The number of carboxylic acids is 1. The van der Waals surface area contributed by atoms with Crippen LogP contribution in [-0.4, -0.2) is 56.1 Å². The molecule has 120 valence electrons. The average molecular weight is 300 g/mol. The summed E-state index contributed by atoms with van der Waals surface area (Å²) in [5, 5.41) is 14.9. The van der Waals surface area contributed by atoms with Gasteiger partial charge in [-0.15, -0.1) is 0 Å². The van der Waals surface area contributed by atoms with E-state index in [1.165, 1.54) is 0 Å². The molecule has 2 fully saturated rings. The second-order valence-corrected chi connectivity index (χ2v) is 5.89. The maximum absolute atomic E-state index is 11.8. The van der Waals surface area contributed by atoms with Gasteiger partial charge < -0.3 is 25.2 Å². The first-order valence-corrected chi connectivity index (χ1v) is 7.48. The smallest absolute Gasteiger partial charge is 0.314 e. The van der Waals surface area contributed by atoms with Crippen molar-refractivity contribution in [3.63, 3.8) is 0 Å². The highest BCUT2D eigenvalue weighted by Crippen LogP contribution is 2.30. The van der Waals surface area contributed by atoms with Crippen molar-refractivity contribution in [2.75, 3.05) is 32.9 Å². The van der Waals surface area contributed by atoms with Gasteiger partial charge in [0.05, 0.1) is 11.5 Å². The third-order valence-corrected chi connectivity index (χ3v) is 4.55. The Kier molecular flexibility index (Phi) is 5.41. The maximum atomic E-state index is 11.8. The molecule has 0 aromatic heterocycles. The molecule has 2 aliphatic heterocycles. The second kappa shape index (κ2) is 7.09. The van der Waals surface area contributed by atoms with Gasteiger partial charge in [0.1, 0.15) is 0 Å². The monoisotopic (exact) mass is 300 g/mol. The Morgan fingerprint density at radius 3 is 2.52 bits per heavy atom. The van der Waals surface area contributed by atoms with E-state index in [2.05, 4.69) is 10.6 Å². The van der Waals surface area contributed by atoms with E-state index in [9.17, 15) is 14.7 Å². The molecule has 2 amide bonds. The molecule has 0 aromatic rings. The molecule has 0 spiro atoms. The van der Waals surface area contributed by atoms with Gasteiger partial charge in [-0.1, -0.05) is 0 Å². The van der Waals surface area contributed by atoms with E-state index in [1.54, 1.807) is 0 Å². The lowest BCUT2D eigenvalue weighted by Gasteiger charge is -2.33. The molecule has 7 nitrogen and oxygen atoms in total. The van der Waals surface area contributed by atoms with Crippen molar-refractivity contribution < 1.29 is 24.2 Å². The van der Waals surface area contributed by atoms with Crippen LogP contribution in [0, 0.1) is 11.3 Å². The molecule has 0 radical (unpaired) electrons. The minimum Gasteiger partial charge on any atom is -0.481 e. The minimum atomic E-state index is -0.903. The molecule has 2 rings (SSSR count). The van der Waals surface area contributed by atoms with Crippen molar-refractivity contribution in [1.82, 2.24) is 10.6 Å². The highest BCUT2D eigenvalue weighted by Gasteiger charge is 2.40. The summed E-state index contributed by atoms with van der Waals surface area (Å²) in [6, 6.07) is -0.318. The number of hydrogen-bond donors (Lipinski definition) is 3. The number of aliphatic carboxylic acids is 1. The number of nitrogens with one attached hydrogen (secondary N) is 2. The van der Waals surface area contributed by atoms with Gasteiger partial charge in [0.2, 0.25) is 0 Å². The summed E-state index contributed by atoms with van der Waals surface area (Å²) >= 11 is 0. The number of amides is 2. The predicted molar refractivity (Wildman–Crippen MR) is 75.0 cm³/mol. The van der Waals surface area contributed by atoms with Crippen LogP contribution in [0.1, 0.15) is 26.2 Å². The standard InChI is InChI=1S/C14H24N2O5/c1-10-11(2-5-21-10)8-15-13(19)16-9-14(12(17)18)3-6-20-7-4-14/h10-11H,2-9H2,1H3,(H,17,18)(H2,15,16,19). The number of ether oxygens (including phenoxy) is 2.